The summed E-state index contributed by atoms with van der Waals surface area (Å²) in [4.78, 5) is 32.0. The molecule has 0 radical (unpaired) electrons. The lowest BCUT2D eigenvalue weighted by Crippen LogP contribution is -2.20. The van der Waals surface area contributed by atoms with Crippen LogP contribution in [0.5, 0.6) is 5.75 Å². The van der Waals surface area contributed by atoms with Crippen LogP contribution in [0.4, 0.5) is 27.5 Å². The zero-order valence-corrected chi connectivity index (χ0v) is 16.9. The first-order chi connectivity index (χ1) is 14.9. The maximum atomic E-state index is 14.2. The van der Waals surface area contributed by atoms with Gasteiger partial charge in [0.1, 0.15) is 5.75 Å². The molecule has 1 heterocycles. The molecule has 1 aliphatic carbocycles. The molecule has 0 bridgehead atoms. The van der Waals surface area contributed by atoms with E-state index in [4.69, 9.17) is 10.5 Å². The fraction of sp³-hybridized carbons (Fsp3) is 0.143. The molecule has 9 nitrogen and oxygen atoms in total. The Labute approximate surface area is 177 Å². The molecule has 1 aromatic heterocycles. The second-order valence-corrected chi connectivity index (χ2v) is 6.31. The summed E-state index contributed by atoms with van der Waals surface area (Å²) in [7, 11) is 1.46. The first-order valence-electron chi connectivity index (χ1n) is 9.36. The van der Waals surface area contributed by atoms with E-state index in [0.717, 1.165) is 6.20 Å². The molecule has 2 aromatic rings. The van der Waals surface area contributed by atoms with Gasteiger partial charge in [0, 0.05) is 24.4 Å². The van der Waals surface area contributed by atoms with Crippen molar-refractivity contribution in [3.63, 3.8) is 0 Å². The third-order valence-electron chi connectivity index (χ3n) is 4.14. The highest BCUT2D eigenvalue weighted by Gasteiger charge is 2.19. The number of rotatable bonds is 7. The molecule has 0 spiro atoms. The van der Waals surface area contributed by atoms with Gasteiger partial charge in [0.25, 0.3) is 0 Å². The summed E-state index contributed by atoms with van der Waals surface area (Å²) in [5, 5.41) is 8.00. The number of nitrogens with zero attached hydrogens (tertiary/aromatic N) is 2. The number of halogens is 1. The van der Waals surface area contributed by atoms with Gasteiger partial charge in [-0.15, -0.1) is 0 Å². The van der Waals surface area contributed by atoms with Gasteiger partial charge < -0.3 is 26.4 Å². The minimum Gasteiger partial charge on any atom is -0.492 e. The van der Waals surface area contributed by atoms with Crippen LogP contribution in [-0.2, 0) is 9.59 Å². The number of Topliss-reactive ketones (excluding diaryl/α,β-unsaturated/α-hetero) is 1. The van der Waals surface area contributed by atoms with Crippen LogP contribution in [0.2, 0.25) is 0 Å². The van der Waals surface area contributed by atoms with Crippen LogP contribution in [0.3, 0.4) is 0 Å². The van der Waals surface area contributed by atoms with Gasteiger partial charge in [-0.3, -0.25) is 9.59 Å². The largest absolute Gasteiger partial charge is 0.492 e. The number of carbonyl (C=O) groups excluding carboxylic acids is 2. The first-order valence-corrected chi connectivity index (χ1v) is 9.36. The maximum Gasteiger partial charge on any atom is 0.244 e. The number of ketones is 1. The minimum absolute atomic E-state index is 0.00278. The smallest absolute Gasteiger partial charge is 0.244 e. The lowest BCUT2D eigenvalue weighted by atomic mass is 10.0. The van der Waals surface area contributed by atoms with Crippen LogP contribution < -0.4 is 26.4 Å². The van der Waals surface area contributed by atoms with Crippen molar-refractivity contribution < 1.29 is 18.7 Å². The Hall–Kier alpha value is -4.21. The highest BCUT2D eigenvalue weighted by Crippen LogP contribution is 2.27. The topological polar surface area (TPSA) is 131 Å². The van der Waals surface area contributed by atoms with Gasteiger partial charge in [-0.1, -0.05) is 12.2 Å². The molecule has 0 saturated carbocycles. The Morgan fingerprint density at radius 1 is 1.32 bits per heavy atom. The summed E-state index contributed by atoms with van der Waals surface area (Å²) in [6.45, 7) is 2.31. The average molecular weight is 424 g/mol. The number of aromatic nitrogens is 2. The van der Waals surface area contributed by atoms with Gasteiger partial charge >= 0.3 is 0 Å². The van der Waals surface area contributed by atoms with Crippen molar-refractivity contribution in [2.75, 3.05) is 30.0 Å². The molecule has 5 N–H and O–H groups in total. The molecule has 1 amide bonds. The molecular weight excluding hydrogens is 403 g/mol. The fourth-order valence-corrected chi connectivity index (χ4v) is 2.67. The van der Waals surface area contributed by atoms with Crippen molar-refractivity contribution >= 4 is 34.8 Å². The summed E-state index contributed by atoms with van der Waals surface area (Å²) in [5.74, 6) is -1.11. The number of carbonyl (C=O) groups is 2. The van der Waals surface area contributed by atoms with Crippen LogP contribution >= 0.6 is 0 Å². The number of amides is 1. The number of nitrogens with one attached hydrogen (secondary N) is 3. The van der Waals surface area contributed by atoms with Crippen molar-refractivity contribution in [1.82, 2.24) is 15.3 Å². The van der Waals surface area contributed by atoms with E-state index in [0.29, 0.717) is 23.7 Å². The summed E-state index contributed by atoms with van der Waals surface area (Å²) in [5.41, 5.74) is 7.15. The number of likely N-dealkylation sites (N-methyl/N-ethyl adjacent to an activating group) is 1. The second kappa shape index (κ2) is 9.53. The molecule has 1 aromatic carbocycles. The van der Waals surface area contributed by atoms with E-state index in [1.807, 2.05) is 6.92 Å². The number of anilines is 4. The number of hydrogen-bond acceptors (Lipinski definition) is 8. The normalized spacial score (nSPS) is 14.2. The van der Waals surface area contributed by atoms with Crippen molar-refractivity contribution in [1.29, 1.82) is 0 Å². The van der Waals surface area contributed by atoms with E-state index >= 15 is 0 Å². The van der Waals surface area contributed by atoms with Crippen molar-refractivity contribution in [3.05, 3.63) is 65.8 Å². The number of allylic oxidation sites excluding steroid dienone is 4. The predicted octanol–water partition coefficient (Wildman–Crippen LogP) is 2.45. The zero-order valence-electron chi connectivity index (χ0n) is 16.9. The van der Waals surface area contributed by atoms with Gasteiger partial charge in [-0.2, -0.15) is 4.98 Å². The Bertz CT molecular complexity index is 1110. The summed E-state index contributed by atoms with van der Waals surface area (Å²) < 4.78 is 19.6. The monoisotopic (exact) mass is 424 g/mol. The van der Waals surface area contributed by atoms with E-state index < -0.39 is 17.5 Å². The molecule has 0 saturated heterocycles. The molecule has 0 aliphatic heterocycles. The van der Waals surface area contributed by atoms with Crippen LogP contribution in [-0.4, -0.2) is 35.3 Å². The lowest BCUT2D eigenvalue weighted by Gasteiger charge is -2.14. The van der Waals surface area contributed by atoms with Crippen molar-refractivity contribution in [3.8, 4) is 5.75 Å². The van der Waals surface area contributed by atoms with Gasteiger partial charge in [0.15, 0.2) is 11.6 Å². The molecule has 31 heavy (non-hydrogen) atoms. The molecule has 0 unspecified atom stereocenters. The second-order valence-electron chi connectivity index (χ2n) is 6.31. The number of nitrogen functional groups attached to an aromatic ring is 1. The molecule has 160 valence electrons. The van der Waals surface area contributed by atoms with Crippen LogP contribution in [0.25, 0.3) is 0 Å². The summed E-state index contributed by atoms with van der Waals surface area (Å²) >= 11 is 0. The fourth-order valence-electron chi connectivity index (χ4n) is 2.67. The molecular formula is C21H21FN6O3. The number of ether oxygens (including phenoxy) is 1. The van der Waals surface area contributed by atoms with E-state index in [2.05, 4.69) is 25.9 Å². The Morgan fingerprint density at radius 3 is 2.84 bits per heavy atom. The maximum absolute atomic E-state index is 14.2. The van der Waals surface area contributed by atoms with E-state index in [-0.39, 0.29) is 23.0 Å². The van der Waals surface area contributed by atoms with Gasteiger partial charge in [-0.05, 0) is 31.2 Å². The van der Waals surface area contributed by atoms with Gasteiger partial charge in [0.05, 0.1) is 24.2 Å². The van der Waals surface area contributed by atoms with Gasteiger partial charge in [-0.25, -0.2) is 9.37 Å². The zero-order chi connectivity index (χ0) is 22.4. The van der Waals surface area contributed by atoms with Crippen LogP contribution in [0.1, 0.15) is 6.92 Å². The standard InChI is InChI=1S/C21H21FN6O3/c1-3-31-17-8-7-13(10-15(17)23)26-20-14(22)11-25-21(28-20)27-16-6-4-5-12(19(16)30)9-18(29)24-2/h4-11H,3,23H2,1-2H3,(H,24,29)(H2,25,26,27,28). The minimum atomic E-state index is -0.693. The third kappa shape index (κ3) is 5.24. The number of hydrogen-bond donors (Lipinski definition) is 4. The van der Waals surface area contributed by atoms with E-state index in [1.165, 1.54) is 25.3 Å². The highest BCUT2D eigenvalue weighted by molar-refractivity contribution is 6.15. The van der Waals surface area contributed by atoms with E-state index in [9.17, 15) is 14.0 Å². The lowest BCUT2D eigenvalue weighted by molar-refractivity contribution is -0.117. The molecule has 3 rings (SSSR count). The summed E-state index contributed by atoms with van der Waals surface area (Å²) in [6.07, 6.45) is 6.78. The SMILES string of the molecule is CCOc1ccc(Nc2nc(NC3=CC=CC(=CC(=O)NC)C3=O)ncc2F)cc1N. The molecule has 0 atom stereocenters. The predicted molar refractivity (Wildman–Crippen MR) is 115 cm³/mol. The molecule has 10 heteroatoms. The Balaban J connectivity index is 1.79. The molecule has 0 fully saturated rings. The van der Waals surface area contributed by atoms with Crippen molar-refractivity contribution in [2.24, 2.45) is 0 Å². The van der Waals surface area contributed by atoms with E-state index in [1.54, 1.807) is 24.3 Å². The first kappa shape index (κ1) is 21.5. The third-order valence-corrected chi connectivity index (χ3v) is 4.14. The average Bonchev–Trinajstić information content (AvgIpc) is 2.75. The summed E-state index contributed by atoms with van der Waals surface area (Å²) in [6, 6.07) is 4.93. The van der Waals surface area contributed by atoms with Crippen molar-refractivity contribution in [2.45, 2.75) is 6.92 Å². The van der Waals surface area contributed by atoms with Gasteiger partial charge in [0.2, 0.25) is 17.6 Å². The Morgan fingerprint density at radius 2 is 2.13 bits per heavy atom. The highest BCUT2D eigenvalue weighted by atomic mass is 19.1. The van der Waals surface area contributed by atoms with Crippen LogP contribution in [0, 0.1) is 5.82 Å². The quantitative estimate of drug-likeness (QED) is 0.394. The number of nitrogens with two attached hydrogens (primary N) is 1. The Kier molecular flexibility index (Phi) is 6.61. The molecule has 1 aliphatic rings. The number of benzene rings is 1. The van der Waals surface area contributed by atoms with Crippen LogP contribution in [0.15, 0.2) is 60.0 Å².